The van der Waals surface area contributed by atoms with Crippen LogP contribution in [0.3, 0.4) is 0 Å². The van der Waals surface area contributed by atoms with Gasteiger partial charge in [0.2, 0.25) is 5.91 Å². The Labute approximate surface area is 139 Å². The fraction of sp³-hybridized carbons (Fsp3) is 0.263. The summed E-state index contributed by atoms with van der Waals surface area (Å²) < 4.78 is 0. The summed E-state index contributed by atoms with van der Waals surface area (Å²) in [4.78, 5) is 11.5. The predicted molar refractivity (Wildman–Crippen MR) is 89.6 cm³/mol. The van der Waals surface area contributed by atoms with Crippen LogP contribution < -0.4 is 5.32 Å². The molecular weight excluding hydrogens is 308 g/mol. The molecule has 1 N–H and O–H groups in total. The first-order valence-corrected chi connectivity index (χ1v) is 8.10. The summed E-state index contributed by atoms with van der Waals surface area (Å²) in [5.41, 5.74) is 4.78. The lowest BCUT2D eigenvalue weighted by atomic mass is 9.89. The van der Waals surface area contributed by atoms with E-state index in [2.05, 4.69) is 17.5 Å². The maximum atomic E-state index is 11.5. The maximum Gasteiger partial charge on any atom is 0.228 e. The van der Waals surface area contributed by atoms with Crippen LogP contribution in [0, 0.1) is 11.3 Å². The van der Waals surface area contributed by atoms with E-state index in [1.54, 1.807) is 0 Å². The molecule has 0 atom stereocenters. The summed E-state index contributed by atoms with van der Waals surface area (Å²) in [5, 5.41) is 13.1. The molecule has 1 heterocycles. The Hall–Kier alpha value is -2.31. The van der Waals surface area contributed by atoms with Crippen LogP contribution in [0.1, 0.15) is 35.1 Å². The van der Waals surface area contributed by atoms with Crippen molar-refractivity contribution in [1.82, 2.24) is 0 Å². The van der Waals surface area contributed by atoms with E-state index in [9.17, 15) is 10.1 Å². The molecular formula is C19H15ClN2O. The van der Waals surface area contributed by atoms with E-state index in [1.807, 2.05) is 30.3 Å². The SMILES string of the molecule is N#CC1(c2cccc(Cl)c2Cc2ccc3c(c2)CC(=O)N3)CC1. The minimum absolute atomic E-state index is 0.0389. The number of nitrogens with zero attached hydrogens (tertiary/aromatic N) is 1. The first-order chi connectivity index (χ1) is 11.1. The molecule has 2 aliphatic rings. The lowest BCUT2D eigenvalue weighted by Gasteiger charge is -2.15. The number of carbonyl (C=O) groups excluding carboxylic acids is 1. The number of benzene rings is 2. The molecule has 1 saturated carbocycles. The van der Waals surface area contributed by atoms with E-state index >= 15 is 0 Å². The summed E-state index contributed by atoms with van der Waals surface area (Å²) in [6.07, 6.45) is 2.92. The highest BCUT2D eigenvalue weighted by Gasteiger charge is 2.46. The molecule has 1 aliphatic heterocycles. The monoisotopic (exact) mass is 322 g/mol. The van der Waals surface area contributed by atoms with E-state index in [-0.39, 0.29) is 11.3 Å². The second-order valence-corrected chi connectivity index (χ2v) is 6.76. The third kappa shape index (κ3) is 2.40. The van der Waals surface area contributed by atoms with Gasteiger partial charge in [-0.2, -0.15) is 5.26 Å². The molecule has 4 rings (SSSR count). The highest BCUT2D eigenvalue weighted by Crippen LogP contribution is 2.50. The molecule has 0 radical (unpaired) electrons. The average molecular weight is 323 g/mol. The fourth-order valence-electron chi connectivity index (χ4n) is 3.35. The van der Waals surface area contributed by atoms with Gasteiger partial charge in [0.15, 0.2) is 0 Å². The number of anilines is 1. The third-order valence-corrected chi connectivity index (χ3v) is 5.13. The molecule has 114 valence electrons. The minimum Gasteiger partial charge on any atom is -0.326 e. The first kappa shape index (κ1) is 14.3. The van der Waals surface area contributed by atoms with Crippen molar-refractivity contribution in [2.75, 3.05) is 5.32 Å². The lowest BCUT2D eigenvalue weighted by Crippen LogP contribution is -2.08. The van der Waals surface area contributed by atoms with Crippen LogP contribution in [-0.2, 0) is 23.1 Å². The Bertz CT molecular complexity index is 862. The molecule has 1 fully saturated rings. The summed E-state index contributed by atoms with van der Waals surface area (Å²) >= 11 is 6.43. The molecule has 0 spiro atoms. The van der Waals surface area contributed by atoms with Gasteiger partial charge in [-0.15, -0.1) is 0 Å². The van der Waals surface area contributed by atoms with Crippen LogP contribution >= 0.6 is 11.6 Å². The van der Waals surface area contributed by atoms with Gasteiger partial charge in [-0.3, -0.25) is 4.79 Å². The van der Waals surface area contributed by atoms with Crippen molar-refractivity contribution in [1.29, 1.82) is 5.26 Å². The molecule has 1 aliphatic carbocycles. The number of nitriles is 1. The normalized spacial score (nSPS) is 17.3. The number of hydrogen-bond acceptors (Lipinski definition) is 2. The van der Waals surface area contributed by atoms with Gasteiger partial charge in [0, 0.05) is 10.7 Å². The van der Waals surface area contributed by atoms with Gasteiger partial charge < -0.3 is 5.32 Å². The number of fused-ring (bicyclic) bond motifs is 1. The van der Waals surface area contributed by atoms with Crippen LogP contribution in [0.4, 0.5) is 5.69 Å². The van der Waals surface area contributed by atoms with Crippen LogP contribution in [0.25, 0.3) is 0 Å². The summed E-state index contributed by atoms with van der Waals surface area (Å²) in [6.45, 7) is 0. The molecule has 0 bridgehead atoms. The van der Waals surface area contributed by atoms with Crippen molar-refractivity contribution in [2.45, 2.75) is 31.1 Å². The van der Waals surface area contributed by atoms with Gasteiger partial charge in [-0.25, -0.2) is 0 Å². The highest BCUT2D eigenvalue weighted by molar-refractivity contribution is 6.31. The Morgan fingerprint density at radius 3 is 2.83 bits per heavy atom. The minimum atomic E-state index is -0.353. The Morgan fingerprint density at radius 2 is 2.09 bits per heavy atom. The standard InChI is InChI=1S/C19H15ClN2O/c20-16-3-1-2-15(19(11-21)6-7-19)14(16)9-12-4-5-17-13(8-12)10-18(23)22-17/h1-5,8H,6-7,9-10H2,(H,22,23). The molecule has 1 amide bonds. The van der Waals surface area contributed by atoms with E-state index in [1.165, 1.54) is 0 Å². The van der Waals surface area contributed by atoms with Crippen molar-refractivity contribution in [2.24, 2.45) is 0 Å². The largest absolute Gasteiger partial charge is 0.326 e. The molecule has 0 saturated heterocycles. The highest BCUT2D eigenvalue weighted by atomic mass is 35.5. The zero-order valence-electron chi connectivity index (χ0n) is 12.5. The van der Waals surface area contributed by atoms with Crippen molar-refractivity contribution in [3.8, 4) is 6.07 Å². The predicted octanol–water partition coefficient (Wildman–Crippen LogP) is 3.98. The Balaban J connectivity index is 1.72. The number of halogens is 1. The Kier molecular flexibility index (Phi) is 3.18. The molecule has 0 unspecified atom stereocenters. The van der Waals surface area contributed by atoms with Gasteiger partial charge in [-0.1, -0.05) is 35.9 Å². The molecule has 2 aromatic carbocycles. The molecule has 23 heavy (non-hydrogen) atoms. The van der Waals surface area contributed by atoms with E-state index in [0.717, 1.165) is 40.8 Å². The van der Waals surface area contributed by atoms with Crippen LogP contribution in [0.5, 0.6) is 0 Å². The third-order valence-electron chi connectivity index (χ3n) is 4.77. The number of nitrogens with one attached hydrogen (secondary N) is 1. The van der Waals surface area contributed by atoms with Crippen molar-refractivity contribution in [3.05, 3.63) is 63.7 Å². The summed E-state index contributed by atoms with van der Waals surface area (Å²) in [5.74, 6) is 0.0389. The number of carbonyl (C=O) groups is 1. The number of amides is 1. The number of rotatable bonds is 3. The second-order valence-electron chi connectivity index (χ2n) is 6.35. The van der Waals surface area contributed by atoms with Crippen molar-refractivity contribution < 1.29 is 4.79 Å². The molecule has 4 heteroatoms. The zero-order chi connectivity index (χ0) is 16.0. The average Bonchev–Trinajstić information content (AvgIpc) is 3.24. The van der Waals surface area contributed by atoms with Gasteiger partial charge >= 0.3 is 0 Å². The molecule has 0 aromatic heterocycles. The van der Waals surface area contributed by atoms with E-state index < -0.39 is 0 Å². The molecule has 2 aromatic rings. The smallest absolute Gasteiger partial charge is 0.228 e. The quantitative estimate of drug-likeness (QED) is 0.929. The molecule has 3 nitrogen and oxygen atoms in total. The Morgan fingerprint density at radius 1 is 1.26 bits per heavy atom. The van der Waals surface area contributed by atoms with Crippen molar-refractivity contribution in [3.63, 3.8) is 0 Å². The summed E-state index contributed by atoms with van der Waals surface area (Å²) in [6, 6.07) is 14.3. The van der Waals surface area contributed by atoms with Gasteiger partial charge in [-0.05, 0) is 53.6 Å². The van der Waals surface area contributed by atoms with E-state index in [4.69, 9.17) is 11.6 Å². The summed E-state index contributed by atoms with van der Waals surface area (Å²) in [7, 11) is 0. The second kappa shape index (κ2) is 5.11. The van der Waals surface area contributed by atoms with Crippen molar-refractivity contribution >= 4 is 23.2 Å². The topological polar surface area (TPSA) is 52.9 Å². The van der Waals surface area contributed by atoms with Crippen LogP contribution in [-0.4, -0.2) is 5.91 Å². The van der Waals surface area contributed by atoms with Crippen LogP contribution in [0.15, 0.2) is 36.4 Å². The van der Waals surface area contributed by atoms with Gasteiger partial charge in [0.05, 0.1) is 17.9 Å². The lowest BCUT2D eigenvalue weighted by molar-refractivity contribution is -0.115. The van der Waals surface area contributed by atoms with Gasteiger partial charge in [0.25, 0.3) is 0 Å². The van der Waals surface area contributed by atoms with E-state index in [0.29, 0.717) is 17.9 Å². The fourth-order valence-corrected chi connectivity index (χ4v) is 3.59. The maximum absolute atomic E-state index is 11.5. The van der Waals surface area contributed by atoms with Crippen LogP contribution in [0.2, 0.25) is 5.02 Å². The first-order valence-electron chi connectivity index (χ1n) is 7.72. The zero-order valence-corrected chi connectivity index (χ0v) is 13.3. The number of hydrogen-bond donors (Lipinski definition) is 1. The van der Waals surface area contributed by atoms with Gasteiger partial charge in [0.1, 0.15) is 0 Å².